The van der Waals surface area contributed by atoms with Gasteiger partial charge in [-0.1, -0.05) is 54.2 Å². The summed E-state index contributed by atoms with van der Waals surface area (Å²) in [7, 11) is 1.68. The second kappa shape index (κ2) is 6.46. The molecule has 0 aliphatic rings. The van der Waals surface area contributed by atoms with Gasteiger partial charge in [0, 0.05) is 15.8 Å². The fourth-order valence-corrected chi connectivity index (χ4v) is 3.70. The summed E-state index contributed by atoms with van der Waals surface area (Å²) in [5, 5.41) is 1.14. The lowest BCUT2D eigenvalue weighted by atomic mass is 10.1. The number of methoxy groups -OCH3 is 1. The first-order valence-corrected chi connectivity index (χ1v) is 8.55. The van der Waals surface area contributed by atoms with Gasteiger partial charge in [-0.15, -0.1) is 0 Å². The Morgan fingerprint density at radius 3 is 2.25 bits per heavy atom. The second-order valence-corrected chi connectivity index (χ2v) is 6.48. The summed E-state index contributed by atoms with van der Waals surface area (Å²) in [4.78, 5) is 2.29. The van der Waals surface area contributed by atoms with Crippen molar-refractivity contribution in [3.05, 3.63) is 78.9 Å². The Morgan fingerprint density at radius 1 is 0.792 bits per heavy atom. The standard InChI is InChI=1S/C21H16O2S/c1-22-16-11-13-17(14-12-16)24-21-18-9-5-6-10-19(18)23-20(21)15-7-3-2-4-8-15/h2-14H,1H3. The smallest absolute Gasteiger partial charge is 0.149 e. The number of rotatable bonds is 4. The minimum atomic E-state index is 0.861. The maximum absolute atomic E-state index is 6.16. The number of furan rings is 1. The number of fused-ring (bicyclic) bond motifs is 1. The molecule has 3 aromatic carbocycles. The molecule has 0 amide bonds. The van der Waals surface area contributed by atoms with Gasteiger partial charge < -0.3 is 9.15 Å². The van der Waals surface area contributed by atoms with Crippen LogP contribution in [0.3, 0.4) is 0 Å². The first kappa shape index (κ1) is 14.9. The Kier molecular flexibility index (Phi) is 4.01. The predicted molar refractivity (Wildman–Crippen MR) is 98.8 cm³/mol. The van der Waals surface area contributed by atoms with Crippen LogP contribution in [-0.2, 0) is 0 Å². The molecule has 4 aromatic rings. The van der Waals surface area contributed by atoms with E-state index in [9.17, 15) is 0 Å². The van der Waals surface area contributed by atoms with Gasteiger partial charge in [-0.3, -0.25) is 0 Å². The average Bonchev–Trinajstić information content (AvgIpc) is 3.02. The highest BCUT2D eigenvalue weighted by molar-refractivity contribution is 7.99. The van der Waals surface area contributed by atoms with Crippen molar-refractivity contribution in [1.29, 1.82) is 0 Å². The number of benzene rings is 3. The molecule has 0 aliphatic carbocycles. The molecule has 0 N–H and O–H groups in total. The average molecular weight is 332 g/mol. The highest BCUT2D eigenvalue weighted by Gasteiger charge is 2.16. The number of para-hydroxylation sites is 1. The molecule has 0 unspecified atom stereocenters. The van der Waals surface area contributed by atoms with E-state index < -0.39 is 0 Å². The molecule has 118 valence electrons. The molecular formula is C21H16O2S. The maximum atomic E-state index is 6.16. The molecular weight excluding hydrogens is 316 g/mol. The van der Waals surface area contributed by atoms with Gasteiger partial charge in [0.15, 0.2) is 0 Å². The third-order valence-electron chi connectivity index (χ3n) is 3.87. The minimum absolute atomic E-state index is 0.861. The van der Waals surface area contributed by atoms with Crippen LogP contribution in [0.4, 0.5) is 0 Å². The number of ether oxygens (including phenoxy) is 1. The van der Waals surface area contributed by atoms with Crippen LogP contribution in [0.15, 0.2) is 93.1 Å². The topological polar surface area (TPSA) is 22.4 Å². The van der Waals surface area contributed by atoms with E-state index in [0.29, 0.717) is 0 Å². The lowest BCUT2D eigenvalue weighted by molar-refractivity contribution is 0.414. The quantitative estimate of drug-likeness (QED) is 0.440. The van der Waals surface area contributed by atoms with Crippen molar-refractivity contribution in [2.75, 3.05) is 7.11 Å². The zero-order chi connectivity index (χ0) is 16.4. The van der Waals surface area contributed by atoms with Crippen molar-refractivity contribution in [2.45, 2.75) is 9.79 Å². The van der Waals surface area contributed by atoms with Gasteiger partial charge in [0.05, 0.1) is 12.0 Å². The monoisotopic (exact) mass is 332 g/mol. The Morgan fingerprint density at radius 2 is 1.50 bits per heavy atom. The van der Waals surface area contributed by atoms with E-state index in [-0.39, 0.29) is 0 Å². The van der Waals surface area contributed by atoms with E-state index in [4.69, 9.17) is 9.15 Å². The van der Waals surface area contributed by atoms with Gasteiger partial charge in [-0.05, 0) is 36.4 Å². The lowest BCUT2D eigenvalue weighted by Crippen LogP contribution is -1.82. The van der Waals surface area contributed by atoms with Crippen LogP contribution in [0.25, 0.3) is 22.3 Å². The number of hydrogen-bond acceptors (Lipinski definition) is 3. The van der Waals surface area contributed by atoms with E-state index in [1.54, 1.807) is 18.9 Å². The zero-order valence-electron chi connectivity index (χ0n) is 13.2. The second-order valence-electron chi connectivity index (χ2n) is 5.40. The van der Waals surface area contributed by atoms with Crippen LogP contribution in [0.2, 0.25) is 0 Å². The van der Waals surface area contributed by atoms with E-state index in [1.165, 1.54) is 0 Å². The fraction of sp³-hybridized carbons (Fsp3) is 0.0476. The van der Waals surface area contributed by atoms with E-state index in [2.05, 4.69) is 30.3 Å². The molecule has 0 bridgehead atoms. The van der Waals surface area contributed by atoms with Crippen molar-refractivity contribution in [3.63, 3.8) is 0 Å². The first-order chi connectivity index (χ1) is 11.8. The molecule has 0 spiro atoms. The molecule has 0 saturated carbocycles. The molecule has 0 saturated heterocycles. The highest BCUT2D eigenvalue weighted by Crippen LogP contribution is 2.43. The first-order valence-electron chi connectivity index (χ1n) is 7.74. The van der Waals surface area contributed by atoms with E-state index >= 15 is 0 Å². The summed E-state index contributed by atoms with van der Waals surface area (Å²) < 4.78 is 11.4. The molecule has 2 nitrogen and oxygen atoms in total. The van der Waals surface area contributed by atoms with Crippen LogP contribution < -0.4 is 4.74 Å². The molecule has 0 atom stereocenters. The van der Waals surface area contributed by atoms with Gasteiger partial charge in [0.1, 0.15) is 17.1 Å². The van der Waals surface area contributed by atoms with Crippen molar-refractivity contribution in [2.24, 2.45) is 0 Å². The molecule has 4 rings (SSSR count). The maximum Gasteiger partial charge on any atom is 0.149 e. The summed E-state index contributed by atoms with van der Waals surface area (Å²) >= 11 is 1.72. The SMILES string of the molecule is COc1ccc(Sc2c(-c3ccccc3)oc3ccccc23)cc1. The van der Waals surface area contributed by atoms with Crippen LogP contribution >= 0.6 is 11.8 Å². The Balaban J connectivity index is 1.83. The largest absolute Gasteiger partial charge is 0.497 e. The van der Waals surface area contributed by atoms with E-state index in [1.807, 2.05) is 48.5 Å². The molecule has 0 radical (unpaired) electrons. The fourth-order valence-electron chi connectivity index (χ4n) is 2.66. The summed E-state index contributed by atoms with van der Waals surface area (Å²) in [6, 6.07) is 26.5. The summed E-state index contributed by atoms with van der Waals surface area (Å²) in [5.74, 6) is 1.78. The van der Waals surface area contributed by atoms with Gasteiger partial charge in [0.25, 0.3) is 0 Å². The molecule has 0 fully saturated rings. The van der Waals surface area contributed by atoms with Crippen LogP contribution in [-0.4, -0.2) is 7.11 Å². The number of hydrogen-bond donors (Lipinski definition) is 0. The van der Waals surface area contributed by atoms with Gasteiger partial charge >= 0.3 is 0 Å². The van der Waals surface area contributed by atoms with Crippen LogP contribution in [0.1, 0.15) is 0 Å². The van der Waals surface area contributed by atoms with Gasteiger partial charge in [-0.2, -0.15) is 0 Å². The predicted octanol–water partition coefficient (Wildman–Crippen LogP) is 6.26. The Hall–Kier alpha value is -2.65. The van der Waals surface area contributed by atoms with Crippen molar-refractivity contribution in [3.8, 4) is 17.1 Å². The molecule has 3 heteroatoms. The normalized spacial score (nSPS) is 10.9. The van der Waals surface area contributed by atoms with Crippen LogP contribution in [0.5, 0.6) is 5.75 Å². The third kappa shape index (κ3) is 2.79. The van der Waals surface area contributed by atoms with Crippen molar-refractivity contribution < 1.29 is 9.15 Å². The minimum Gasteiger partial charge on any atom is -0.497 e. The van der Waals surface area contributed by atoms with Crippen molar-refractivity contribution >= 4 is 22.7 Å². The summed E-state index contributed by atoms with van der Waals surface area (Å²) in [6.07, 6.45) is 0. The Labute approximate surface area is 145 Å². The highest BCUT2D eigenvalue weighted by atomic mass is 32.2. The van der Waals surface area contributed by atoms with E-state index in [0.717, 1.165) is 37.8 Å². The zero-order valence-corrected chi connectivity index (χ0v) is 14.0. The molecule has 0 aliphatic heterocycles. The third-order valence-corrected chi connectivity index (χ3v) is 4.98. The summed E-state index contributed by atoms with van der Waals surface area (Å²) in [6.45, 7) is 0. The van der Waals surface area contributed by atoms with Gasteiger partial charge in [0.2, 0.25) is 0 Å². The van der Waals surface area contributed by atoms with Gasteiger partial charge in [-0.25, -0.2) is 0 Å². The Bertz CT molecular complexity index is 956. The van der Waals surface area contributed by atoms with Crippen LogP contribution in [0, 0.1) is 0 Å². The molecule has 24 heavy (non-hydrogen) atoms. The summed E-state index contributed by atoms with van der Waals surface area (Å²) in [5.41, 5.74) is 2.00. The lowest BCUT2D eigenvalue weighted by Gasteiger charge is -2.05. The molecule has 1 aromatic heterocycles. The van der Waals surface area contributed by atoms with Crippen molar-refractivity contribution in [1.82, 2.24) is 0 Å². The molecule has 1 heterocycles.